The first-order valence-corrected chi connectivity index (χ1v) is 7.69. The van der Waals surface area contributed by atoms with Crippen molar-refractivity contribution in [2.24, 2.45) is 0 Å². The summed E-state index contributed by atoms with van der Waals surface area (Å²) in [5.74, 6) is 1.06. The van der Waals surface area contributed by atoms with Gasteiger partial charge in [0.25, 0.3) is 0 Å². The molecule has 0 aromatic heterocycles. The van der Waals surface area contributed by atoms with Gasteiger partial charge in [-0.05, 0) is 36.8 Å². The maximum Gasteiger partial charge on any atom is 0.0508 e. The Hall–Kier alpha value is -0.580. The normalized spacial score (nSPS) is 12.3. The first-order valence-electron chi connectivity index (χ1n) is 5.97. The van der Waals surface area contributed by atoms with Crippen LogP contribution in [0.15, 0.2) is 28.8 Å². The minimum absolute atomic E-state index is 1.06. The van der Waals surface area contributed by atoms with Crippen molar-refractivity contribution in [1.29, 1.82) is 0 Å². The third-order valence-corrected chi connectivity index (χ3v) is 4.53. The molecule has 0 bridgehead atoms. The van der Waals surface area contributed by atoms with Crippen molar-refractivity contribution in [1.82, 2.24) is 5.32 Å². The van der Waals surface area contributed by atoms with Crippen LogP contribution in [0.4, 0.5) is 0 Å². The number of benzene rings is 1. The Balaban J connectivity index is 3.17. The molecule has 0 aliphatic heterocycles. The lowest BCUT2D eigenvalue weighted by Crippen LogP contribution is -2.04. The minimum atomic E-state index is 1.06. The predicted molar refractivity (Wildman–Crippen MR) is 83.8 cm³/mol. The van der Waals surface area contributed by atoms with Gasteiger partial charge in [-0.1, -0.05) is 19.1 Å². The molecule has 0 aliphatic carbocycles. The van der Waals surface area contributed by atoms with Crippen LogP contribution in [0.5, 0.6) is 0 Å². The molecule has 0 aliphatic rings. The van der Waals surface area contributed by atoms with Crippen LogP contribution in [-0.2, 0) is 4.18 Å². The van der Waals surface area contributed by atoms with E-state index in [4.69, 9.17) is 4.18 Å². The molecule has 0 saturated heterocycles. The molecular weight excluding hydrogens is 262 g/mol. The summed E-state index contributed by atoms with van der Waals surface area (Å²) in [7, 11) is 3.66. The molecule has 1 aromatic carbocycles. The Morgan fingerprint density at radius 3 is 2.67 bits per heavy atom. The number of rotatable bonds is 6. The van der Waals surface area contributed by atoms with E-state index in [9.17, 15) is 0 Å². The first-order chi connectivity index (χ1) is 8.63. The van der Waals surface area contributed by atoms with Crippen molar-refractivity contribution in [3.63, 3.8) is 0 Å². The van der Waals surface area contributed by atoms with Crippen LogP contribution in [0, 0.1) is 6.92 Å². The molecule has 18 heavy (non-hydrogen) atoms. The van der Waals surface area contributed by atoms with Crippen LogP contribution in [0.1, 0.15) is 25.0 Å². The molecule has 4 heteroatoms. The smallest absolute Gasteiger partial charge is 0.0508 e. The topological polar surface area (TPSA) is 21.3 Å². The van der Waals surface area contributed by atoms with Gasteiger partial charge in [-0.15, -0.1) is 11.8 Å². The monoisotopic (exact) mass is 283 g/mol. The van der Waals surface area contributed by atoms with E-state index in [1.165, 1.54) is 38.7 Å². The molecule has 1 rings (SSSR count). The van der Waals surface area contributed by atoms with Crippen molar-refractivity contribution in [2.75, 3.05) is 19.9 Å². The summed E-state index contributed by atoms with van der Waals surface area (Å²) in [6, 6.07) is 6.52. The second-order valence-corrected chi connectivity index (χ2v) is 6.08. The van der Waals surface area contributed by atoms with Crippen LogP contribution >= 0.6 is 23.8 Å². The van der Waals surface area contributed by atoms with Crippen LogP contribution in [0.25, 0.3) is 4.91 Å². The maximum atomic E-state index is 5.17. The molecule has 1 aromatic rings. The lowest BCUT2D eigenvalue weighted by Gasteiger charge is -2.13. The Morgan fingerprint density at radius 1 is 1.39 bits per heavy atom. The molecule has 0 atom stereocenters. The van der Waals surface area contributed by atoms with Crippen molar-refractivity contribution in [2.45, 2.75) is 25.7 Å². The molecule has 0 fully saturated rings. The summed E-state index contributed by atoms with van der Waals surface area (Å²) in [5, 5.41) is 3.24. The number of nitrogens with one attached hydrogen (secondary N) is 1. The number of hydrogen-bond donors (Lipinski definition) is 1. The average molecular weight is 283 g/mol. The molecule has 1 N–H and O–H groups in total. The highest BCUT2D eigenvalue weighted by Gasteiger charge is 2.08. The molecule has 2 nitrogen and oxygen atoms in total. The van der Waals surface area contributed by atoms with Gasteiger partial charge in [0.05, 0.1) is 7.11 Å². The van der Waals surface area contributed by atoms with E-state index in [1.54, 1.807) is 7.11 Å². The number of allylic oxidation sites excluding steroid dienone is 1. The lowest BCUT2D eigenvalue weighted by molar-refractivity contribution is 0.489. The number of aryl methyl sites for hydroxylation is 1. The third-order valence-electron chi connectivity index (χ3n) is 2.63. The van der Waals surface area contributed by atoms with E-state index >= 15 is 0 Å². The lowest BCUT2D eigenvalue weighted by atomic mass is 10.1. The maximum absolute atomic E-state index is 5.17. The van der Waals surface area contributed by atoms with Gasteiger partial charge >= 0.3 is 0 Å². The molecule has 0 spiro atoms. The molecule has 0 radical (unpaired) electrons. The zero-order chi connectivity index (χ0) is 13.5. The van der Waals surface area contributed by atoms with E-state index in [0.29, 0.717) is 0 Å². The Bertz CT molecular complexity index is 430. The predicted octanol–water partition coefficient (Wildman–Crippen LogP) is 4.31. The van der Waals surface area contributed by atoms with Crippen LogP contribution in [-0.4, -0.2) is 19.9 Å². The molecule has 0 heterocycles. The molecular formula is C14H21NOS2. The van der Waals surface area contributed by atoms with Crippen molar-refractivity contribution in [3.8, 4) is 0 Å². The van der Waals surface area contributed by atoms with Gasteiger partial charge < -0.3 is 9.50 Å². The van der Waals surface area contributed by atoms with E-state index in [1.807, 2.05) is 18.8 Å². The molecule has 100 valence electrons. The largest absolute Gasteiger partial charge is 0.391 e. The minimum Gasteiger partial charge on any atom is -0.391 e. The fraction of sp³-hybridized carbons (Fsp3) is 0.429. The zero-order valence-corrected chi connectivity index (χ0v) is 13.3. The SMILES string of the molecule is CCS/C(=C(/C)NC)c1ccc(C)c(SOC)c1. The van der Waals surface area contributed by atoms with Gasteiger partial charge in [-0.2, -0.15) is 0 Å². The molecule has 0 unspecified atom stereocenters. The van der Waals surface area contributed by atoms with Crippen molar-refractivity contribution < 1.29 is 4.18 Å². The summed E-state index contributed by atoms with van der Waals surface area (Å²) in [5.41, 5.74) is 3.70. The Labute approximate surface area is 119 Å². The average Bonchev–Trinajstić information content (AvgIpc) is 2.38. The van der Waals surface area contributed by atoms with Crippen LogP contribution in [0.3, 0.4) is 0 Å². The van der Waals surface area contributed by atoms with Gasteiger partial charge in [-0.3, -0.25) is 0 Å². The number of hydrogen-bond acceptors (Lipinski definition) is 4. The highest BCUT2D eigenvalue weighted by Crippen LogP contribution is 2.33. The summed E-state index contributed by atoms with van der Waals surface area (Å²) in [4.78, 5) is 2.48. The van der Waals surface area contributed by atoms with Crippen LogP contribution in [0.2, 0.25) is 0 Å². The van der Waals surface area contributed by atoms with E-state index in [2.05, 4.69) is 44.3 Å². The van der Waals surface area contributed by atoms with Crippen molar-refractivity contribution >= 4 is 28.7 Å². The summed E-state index contributed by atoms with van der Waals surface area (Å²) >= 11 is 3.28. The summed E-state index contributed by atoms with van der Waals surface area (Å²) in [6.45, 7) is 6.39. The van der Waals surface area contributed by atoms with Gasteiger partial charge in [-0.25, -0.2) is 0 Å². The molecule has 0 saturated carbocycles. The first kappa shape index (κ1) is 15.5. The number of thioether (sulfide) groups is 1. The van der Waals surface area contributed by atoms with Crippen LogP contribution < -0.4 is 5.32 Å². The van der Waals surface area contributed by atoms with E-state index < -0.39 is 0 Å². The second-order valence-electron chi connectivity index (χ2n) is 3.87. The standard InChI is InChI=1S/C14H21NOS2/c1-6-17-14(11(3)15-4)12-8-7-10(2)13(9-12)18-16-5/h7-9,15H,6H2,1-5H3/b14-11-. The Morgan fingerprint density at radius 2 is 2.11 bits per heavy atom. The van der Waals surface area contributed by atoms with Crippen molar-refractivity contribution in [3.05, 3.63) is 35.0 Å². The quantitative estimate of drug-likeness (QED) is 0.785. The highest BCUT2D eigenvalue weighted by atomic mass is 32.2. The Kier molecular flexibility index (Phi) is 6.68. The summed E-state index contributed by atoms with van der Waals surface area (Å²) < 4.78 is 5.17. The summed E-state index contributed by atoms with van der Waals surface area (Å²) in [6.07, 6.45) is 0. The zero-order valence-electron chi connectivity index (χ0n) is 11.7. The van der Waals surface area contributed by atoms with E-state index in [0.717, 1.165) is 5.75 Å². The third kappa shape index (κ3) is 3.97. The van der Waals surface area contributed by atoms with E-state index in [-0.39, 0.29) is 0 Å². The van der Waals surface area contributed by atoms with Gasteiger partial charge in [0.1, 0.15) is 0 Å². The van der Waals surface area contributed by atoms with Gasteiger partial charge in [0.2, 0.25) is 0 Å². The molecule has 0 amide bonds. The highest BCUT2D eigenvalue weighted by molar-refractivity contribution is 8.08. The second kappa shape index (κ2) is 7.77. The van der Waals surface area contributed by atoms with Gasteiger partial charge in [0, 0.05) is 34.6 Å². The fourth-order valence-electron chi connectivity index (χ4n) is 1.59. The fourth-order valence-corrected chi connectivity index (χ4v) is 3.04. The van der Waals surface area contributed by atoms with Gasteiger partial charge in [0.15, 0.2) is 0 Å².